The molecule has 0 atom stereocenters. The van der Waals surface area contributed by atoms with Crippen molar-refractivity contribution in [3.8, 4) is 0 Å². The molecule has 0 aliphatic carbocycles. The number of aromatic nitrogens is 5. The van der Waals surface area contributed by atoms with Crippen molar-refractivity contribution in [2.75, 3.05) is 13.1 Å². The quantitative estimate of drug-likeness (QED) is 0.816. The minimum absolute atomic E-state index is 0.742. The highest BCUT2D eigenvalue weighted by Gasteiger charge is 2.16. The molecule has 6 nitrogen and oxygen atoms in total. The van der Waals surface area contributed by atoms with E-state index in [1.54, 1.807) is 13.2 Å². The fraction of sp³-hybridized carbons (Fsp3) is 0.385. The van der Waals surface area contributed by atoms with Gasteiger partial charge in [-0.1, -0.05) is 12.1 Å². The molecule has 3 heterocycles. The van der Waals surface area contributed by atoms with E-state index in [4.69, 9.17) is 0 Å². The monoisotopic (exact) mass is 256 g/mol. The van der Waals surface area contributed by atoms with Crippen molar-refractivity contribution in [2.24, 2.45) is 7.05 Å². The van der Waals surface area contributed by atoms with Gasteiger partial charge in [-0.05, 0) is 28.8 Å². The van der Waals surface area contributed by atoms with E-state index in [2.05, 4.69) is 37.4 Å². The fourth-order valence-corrected chi connectivity index (χ4v) is 2.29. The maximum atomic E-state index is 4.22. The Kier molecular flexibility index (Phi) is 3.33. The maximum Gasteiger partial charge on any atom is 0.188 e. The highest BCUT2D eigenvalue weighted by molar-refractivity contribution is 5.66. The third kappa shape index (κ3) is 2.85. The molecule has 98 valence electrons. The summed E-state index contributed by atoms with van der Waals surface area (Å²) in [5, 5.41) is 12.1. The zero-order valence-electron chi connectivity index (χ0n) is 10.9. The van der Waals surface area contributed by atoms with E-state index in [1.807, 2.05) is 12.3 Å². The summed E-state index contributed by atoms with van der Waals surface area (Å²) in [6.07, 6.45) is 7.05. The number of aryl methyl sites for hydroxylation is 1. The first-order valence-corrected chi connectivity index (χ1v) is 6.36. The molecule has 0 amide bonds. The normalized spacial score (nSPS) is 16.4. The second-order valence-corrected chi connectivity index (χ2v) is 4.67. The Morgan fingerprint density at radius 3 is 3.05 bits per heavy atom. The minimum atomic E-state index is 0.742. The van der Waals surface area contributed by atoms with Crippen molar-refractivity contribution in [3.05, 3.63) is 42.0 Å². The first-order chi connectivity index (χ1) is 9.31. The molecule has 0 radical (unpaired) electrons. The van der Waals surface area contributed by atoms with Crippen molar-refractivity contribution >= 4 is 5.57 Å². The summed E-state index contributed by atoms with van der Waals surface area (Å²) < 4.78 is 0. The zero-order valence-corrected chi connectivity index (χ0v) is 10.9. The molecule has 0 saturated carbocycles. The van der Waals surface area contributed by atoms with E-state index in [0.29, 0.717) is 0 Å². The minimum Gasteiger partial charge on any atom is -0.291 e. The van der Waals surface area contributed by atoms with Crippen molar-refractivity contribution in [2.45, 2.75) is 13.0 Å². The number of nitrogens with zero attached hydrogens (tertiary/aromatic N) is 6. The Bertz CT molecular complexity index is 574. The van der Waals surface area contributed by atoms with Gasteiger partial charge in [-0.25, -0.2) is 0 Å². The molecule has 0 N–H and O–H groups in total. The van der Waals surface area contributed by atoms with E-state index in [0.717, 1.165) is 31.9 Å². The Labute approximate surface area is 111 Å². The molecule has 0 fully saturated rings. The summed E-state index contributed by atoms with van der Waals surface area (Å²) >= 11 is 0. The molecule has 0 aromatic carbocycles. The highest BCUT2D eigenvalue weighted by atomic mass is 15.6. The van der Waals surface area contributed by atoms with Gasteiger partial charge < -0.3 is 0 Å². The second-order valence-electron chi connectivity index (χ2n) is 4.67. The average Bonchev–Trinajstić information content (AvgIpc) is 2.85. The van der Waals surface area contributed by atoms with Gasteiger partial charge >= 0.3 is 0 Å². The largest absolute Gasteiger partial charge is 0.291 e. The summed E-state index contributed by atoms with van der Waals surface area (Å²) in [6, 6.07) is 4.07. The van der Waals surface area contributed by atoms with E-state index in [1.165, 1.54) is 15.9 Å². The molecular weight excluding hydrogens is 240 g/mol. The van der Waals surface area contributed by atoms with Crippen LogP contribution in [-0.4, -0.2) is 43.2 Å². The van der Waals surface area contributed by atoms with Gasteiger partial charge in [-0.2, -0.15) is 4.80 Å². The lowest BCUT2D eigenvalue weighted by Gasteiger charge is -2.26. The number of hydrogen-bond acceptors (Lipinski definition) is 5. The van der Waals surface area contributed by atoms with Crippen LogP contribution in [0.3, 0.4) is 0 Å². The van der Waals surface area contributed by atoms with Crippen LogP contribution in [0.5, 0.6) is 0 Å². The van der Waals surface area contributed by atoms with Crippen LogP contribution in [-0.2, 0) is 13.6 Å². The summed E-state index contributed by atoms with van der Waals surface area (Å²) in [5.41, 5.74) is 2.52. The molecule has 3 rings (SSSR count). The molecule has 2 aromatic heterocycles. The highest BCUT2D eigenvalue weighted by Crippen LogP contribution is 2.20. The molecule has 6 heteroatoms. The summed E-state index contributed by atoms with van der Waals surface area (Å²) in [6.45, 7) is 2.68. The Balaban J connectivity index is 1.69. The zero-order chi connectivity index (χ0) is 13.1. The number of tetrazole rings is 1. The van der Waals surface area contributed by atoms with Gasteiger partial charge in [0.15, 0.2) is 5.82 Å². The van der Waals surface area contributed by atoms with Gasteiger partial charge in [0.05, 0.1) is 13.6 Å². The predicted molar refractivity (Wildman–Crippen MR) is 70.9 cm³/mol. The average molecular weight is 256 g/mol. The van der Waals surface area contributed by atoms with Crippen LogP contribution in [0.2, 0.25) is 0 Å². The Morgan fingerprint density at radius 2 is 2.32 bits per heavy atom. The van der Waals surface area contributed by atoms with Gasteiger partial charge in [-0.15, -0.1) is 10.2 Å². The topological polar surface area (TPSA) is 59.7 Å². The van der Waals surface area contributed by atoms with Crippen LogP contribution in [0.4, 0.5) is 0 Å². The molecule has 19 heavy (non-hydrogen) atoms. The number of pyridine rings is 1. The van der Waals surface area contributed by atoms with Crippen LogP contribution in [0.15, 0.2) is 30.6 Å². The first kappa shape index (κ1) is 12.0. The fourth-order valence-electron chi connectivity index (χ4n) is 2.29. The Hall–Kier alpha value is -2.08. The van der Waals surface area contributed by atoms with Crippen molar-refractivity contribution in [1.29, 1.82) is 0 Å². The lowest BCUT2D eigenvalue weighted by molar-refractivity contribution is 0.288. The third-order valence-electron chi connectivity index (χ3n) is 3.18. The van der Waals surface area contributed by atoms with E-state index < -0.39 is 0 Å². The van der Waals surface area contributed by atoms with E-state index in [-0.39, 0.29) is 0 Å². The van der Waals surface area contributed by atoms with Crippen LogP contribution in [0.25, 0.3) is 5.57 Å². The van der Waals surface area contributed by atoms with Crippen molar-refractivity contribution in [1.82, 2.24) is 30.1 Å². The SMILES string of the molecule is Cn1nnc(CN2CCC=C(c3cccnc3)C2)n1. The molecule has 0 saturated heterocycles. The smallest absolute Gasteiger partial charge is 0.188 e. The van der Waals surface area contributed by atoms with E-state index in [9.17, 15) is 0 Å². The Morgan fingerprint density at radius 1 is 1.37 bits per heavy atom. The number of hydrogen-bond donors (Lipinski definition) is 0. The lowest BCUT2D eigenvalue weighted by Crippen LogP contribution is -2.29. The molecule has 1 aliphatic rings. The van der Waals surface area contributed by atoms with Gasteiger partial charge in [0.2, 0.25) is 0 Å². The third-order valence-corrected chi connectivity index (χ3v) is 3.18. The number of rotatable bonds is 3. The van der Waals surface area contributed by atoms with Crippen LogP contribution in [0.1, 0.15) is 17.8 Å². The van der Waals surface area contributed by atoms with E-state index >= 15 is 0 Å². The first-order valence-electron chi connectivity index (χ1n) is 6.36. The summed E-state index contributed by atoms with van der Waals surface area (Å²) in [7, 11) is 1.79. The maximum absolute atomic E-state index is 4.22. The molecule has 1 aliphatic heterocycles. The van der Waals surface area contributed by atoms with Crippen LogP contribution >= 0.6 is 0 Å². The summed E-state index contributed by atoms with van der Waals surface area (Å²) in [4.78, 5) is 8.00. The molecule has 0 bridgehead atoms. The lowest BCUT2D eigenvalue weighted by atomic mass is 10.0. The second kappa shape index (κ2) is 5.27. The molecule has 0 unspecified atom stereocenters. The molecular formula is C13H16N6. The van der Waals surface area contributed by atoms with Crippen molar-refractivity contribution < 1.29 is 0 Å². The van der Waals surface area contributed by atoms with Gasteiger partial charge in [-0.3, -0.25) is 9.88 Å². The van der Waals surface area contributed by atoms with Gasteiger partial charge in [0.25, 0.3) is 0 Å². The standard InChI is InChI=1S/C13H16N6/c1-18-16-13(15-17-18)10-19-7-3-5-12(9-19)11-4-2-6-14-8-11/h2,4-6,8H,3,7,9-10H2,1H3. The summed E-state index contributed by atoms with van der Waals surface area (Å²) in [5.74, 6) is 0.773. The predicted octanol–water partition coefficient (Wildman–Crippen LogP) is 0.894. The van der Waals surface area contributed by atoms with Gasteiger partial charge in [0.1, 0.15) is 0 Å². The molecule has 0 spiro atoms. The molecule has 2 aromatic rings. The van der Waals surface area contributed by atoms with Crippen molar-refractivity contribution in [3.63, 3.8) is 0 Å². The van der Waals surface area contributed by atoms with Crippen LogP contribution < -0.4 is 0 Å². The van der Waals surface area contributed by atoms with Gasteiger partial charge in [0, 0.05) is 25.5 Å². The van der Waals surface area contributed by atoms with Crippen LogP contribution in [0, 0.1) is 0 Å².